The van der Waals surface area contributed by atoms with Gasteiger partial charge >= 0.3 is 0 Å². The van der Waals surface area contributed by atoms with Crippen LogP contribution in [0.5, 0.6) is 0 Å². The monoisotopic (exact) mass is 202 g/mol. The van der Waals surface area contributed by atoms with Gasteiger partial charge in [0, 0.05) is 5.69 Å². The summed E-state index contributed by atoms with van der Waals surface area (Å²) in [5, 5.41) is 12.7. The number of rotatable bonds is 2. The van der Waals surface area contributed by atoms with Gasteiger partial charge in [-0.25, -0.2) is 0 Å². The minimum absolute atomic E-state index is 0.257. The summed E-state index contributed by atoms with van der Waals surface area (Å²) in [6.45, 7) is 1.73. The summed E-state index contributed by atoms with van der Waals surface area (Å²) in [6, 6.07) is 9.22. The van der Waals surface area contributed by atoms with E-state index in [0.717, 1.165) is 5.69 Å². The molecule has 15 heavy (non-hydrogen) atoms. The number of para-hydroxylation sites is 1. The van der Waals surface area contributed by atoms with Gasteiger partial charge in [0.15, 0.2) is 5.69 Å². The number of hydrogen-bond donors (Lipinski definition) is 2. The molecule has 5 nitrogen and oxygen atoms in total. The zero-order valence-electron chi connectivity index (χ0n) is 8.19. The number of benzene rings is 1. The molecule has 0 fully saturated rings. The third kappa shape index (κ3) is 2.01. The summed E-state index contributed by atoms with van der Waals surface area (Å²) in [7, 11) is 0. The Kier molecular flexibility index (Phi) is 2.45. The smallest absolute Gasteiger partial charge is 0.278 e. The molecule has 1 amide bonds. The first-order valence-electron chi connectivity index (χ1n) is 4.51. The van der Waals surface area contributed by atoms with Gasteiger partial charge < -0.3 is 5.32 Å². The van der Waals surface area contributed by atoms with Crippen molar-refractivity contribution in [3.63, 3.8) is 0 Å². The van der Waals surface area contributed by atoms with Crippen molar-refractivity contribution in [2.75, 3.05) is 5.32 Å². The van der Waals surface area contributed by atoms with E-state index in [1.165, 1.54) is 0 Å². The molecule has 0 radical (unpaired) electrons. The summed E-state index contributed by atoms with van der Waals surface area (Å²) < 4.78 is 0. The van der Waals surface area contributed by atoms with Gasteiger partial charge in [-0.1, -0.05) is 18.2 Å². The van der Waals surface area contributed by atoms with Crippen LogP contribution in [0.25, 0.3) is 0 Å². The van der Waals surface area contributed by atoms with Crippen LogP contribution in [0.2, 0.25) is 0 Å². The van der Waals surface area contributed by atoms with Gasteiger partial charge in [0.05, 0.1) is 5.69 Å². The number of amides is 1. The predicted molar refractivity (Wildman–Crippen MR) is 55.5 cm³/mol. The summed E-state index contributed by atoms with van der Waals surface area (Å²) in [6.07, 6.45) is 0. The van der Waals surface area contributed by atoms with E-state index < -0.39 is 0 Å². The first-order chi connectivity index (χ1) is 7.27. The Morgan fingerprint density at radius 3 is 2.60 bits per heavy atom. The van der Waals surface area contributed by atoms with Crippen molar-refractivity contribution >= 4 is 11.6 Å². The zero-order valence-corrected chi connectivity index (χ0v) is 8.19. The number of carbonyl (C=O) groups is 1. The third-order valence-corrected chi connectivity index (χ3v) is 1.97. The number of aromatic nitrogens is 3. The molecule has 0 saturated carbocycles. The van der Waals surface area contributed by atoms with Crippen molar-refractivity contribution in [3.8, 4) is 0 Å². The minimum Gasteiger partial charge on any atom is -0.321 e. The van der Waals surface area contributed by atoms with Crippen LogP contribution in [0, 0.1) is 6.92 Å². The van der Waals surface area contributed by atoms with E-state index in [4.69, 9.17) is 0 Å². The number of nitrogens with one attached hydrogen (secondary N) is 2. The van der Waals surface area contributed by atoms with Gasteiger partial charge in [0.25, 0.3) is 5.91 Å². The molecule has 0 bridgehead atoms. The number of aromatic amines is 1. The van der Waals surface area contributed by atoms with E-state index in [9.17, 15) is 4.79 Å². The minimum atomic E-state index is -0.257. The van der Waals surface area contributed by atoms with Gasteiger partial charge in [-0.15, -0.1) is 0 Å². The molecule has 0 saturated heterocycles. The fourth-order valence-electron chi connectivity index (χ4n) is 1.21. The molecule has 0 atom stereocenters. The van der Waals surface area contributed by atoms with Gasteiger partial charge in [-0.3, -0.25) is 4.79 Å². The van der Waals surface area contributed by atoms with Crippen LogP contribution in [0.1, 0.15) is 16.2 Å². The predicted octanol–water partition coefficient (Wildman–Crippen LogP) is 1.37. The number of carbonyl (C=O) groups excluding carboxylic acids is 1. The second kappa shape index (κ2) is 3.91. The number of H-pyrrole nitrogens is 1. The lowest BCUT2D eigenvalue weighted by atomic mass is 10.3. The first kappa shape index (κ1) is 9.39. The van der Waals surface area contributed by atoms with Crippen molar-refractivity contribution in [1.29, 1.82) is 0 Å². The zero-order chi connectivity index (χ0) is 10.7. The van der Waals surface area contributed by atoms with Crippen molar-refractivity contribution in [3.05, 3.63) is 41.7 Å². The Labute approximate surface area is 86.5 Å². The van der Waals surface area contributed by atoms with E-state index in [2.05, 4.69) is 20.7 Å². The lowest BCUT2D eigenvalue weighted by Crippen LogP contribution is -2.13. The average Bonchev–Trinajstić information content (AvgIpc) is 2.66. The summed E-state index contributed by atoms with van der Waals surface area (Å²) in [5.74, 6) is -0.257. The molecule has 2 aromatic rings. The average molecular weight is 202 g/mol. The van der Waals surface area contributed by atoms with E-state index in [0.29, 0.717) is 11.4 Å². The normalized spacial score (nSPS) is 9.93. The molecule has 2 rings (SSSR count). The molecule has 1 aromatic carbocycles. The molecule has 0 aliphatic carbocycles. The summed E-state index contributed by atoms with van der Waals surface area (Å²) in [4.78, 5) is 11.7. The molecular weight excluding hydrogens is 192 g/mol. The third-order valence-electron chi connectivity index (χ3n) is 1.97. The Bertz CT molecular complexity index is 463. The summed E-state index contributed by atoms with van der Waals surface area (Å²) in [5.41, 5.74) is 1.65. The number of nitrogens with zero attached hydrogens (tertiary/aromatic N) is 2. The Balaban J connectivity index is 2.15. The van der Waals surface area contributed by atoms with Gasteiger partial charge in [-0.05, 0) is 19.1 Å². The lowest BCUT2D eigenvalue weighted by molar-refractivity contribution is 0.102. The highest BCUT2D eigenvalue weighted by atomic mass is 16.2. The second-order valence-corrected chi connectivity index (χ2v) is 3.08. The highest BCUT2D eigenvalue weighted by molar-refractivity contribution is 6.03. The molecule has 1 aromatic heterocycles. The van der Waals surface area contributed by atoms with Crippen LogP contribution in [-0.4, -0.2) is 21.3 Å². The molecule has 0 aliphatic rings. The largest absolute Gasteiger partial charge is 0.321 e. The number of hydrogen-bond acceptors (Lipinski definition) is 3. The van der Waals surface area contributed by atoms with E-state index >= 15 is 0 Å². The SMILES string of the molecule is Cc1n[nH]nc1C(=O)Nc1ccccc1. The fraction of sp³-hybridized carbons (Fsp3) is 0.100. The van der Waals surface area contributed by atoms with Gasteiger partial charge in [0.2, 0.25) is 0 Å². The molecule has 2 N–H and O–H groups in total. The molecule has 76 valence electrons. The Morgan fingerprint density at radius 2 is 2.00 bits per heavy atom. The van der Waals surface area contributed by atoms with Crippen LogP contribution in [0.4, 0.5) is 5.69 Å². The van der Waals surface area contributed by atoms with E-state index in [1.54, 1.807) is 6.92 Å². The molecular formula is C10H10N4O. The van der Waals surface area contributed by atoms with Gasteiger partial charge in [-0.2, -0.15) is 15.4 Å². The Morgan fingerprint density at radius 1 is 1.27 bits per heavy atom. The maximum absolute atomic E-state index is 11.7. The first-order valence-corrected chi connectivity index (χ1v) is 4.51. The lowest BCUT2D eigenvalue weighted by Gasteiger charge is -2.01. The standard InChI is InChI=1S/C10H10N4O/c1-7-9(13-14-12-7)10(15)11-8-5-3-2-4-6-8/h2-6H,1H3,(H,11,15)(H,12,13,14). The van der Waals surface area contributed by atoms with Crippen LogP contribution in [-0.2, 0) is 0 Å². The number of anilines is 1. The van der Waals surface area contributed by atoms with Crippen molar-refractivity contribution in [1.82, 2.24) is 15.4 Å². The van der Waals surface area contributed by atoms with Crippen molar-refractivity contribution < 1.29 is 4.79 Å². The molecule has 0 spiro atoms. The highest BCUT2D eigenvalue weighted by Crippen LogP contribution is 2.08. The topological polar surface area (TPSA) is 70.7 Å². The van der Waals surface area contributed by atoms with Crippen molar-refractivity contribution in [2.24, 2.45) is 0 Å². The maximum Gasteiger partial charge on any atom is 0.278 e. The van der Waals surface area contributed by atoms with Gasteiger partial charge in [0.1, 0.15) is 0 Å². The Hall–Kier alpha value is -2.17. The molecule has 0 aliphatic heterocycles. The molecule has 5 heteroatoms. The quantitative estimate of drug-likeness (QED) is 0.772. The van der Waals surface area contributed by atoms with Crippen LogP contribution in [0.15, 0.2) is 30.3 Å². The molecule has 1 heterocycles. The van der Waals surface area contributed by atoms with Crippen molar-refractivity contribution in [2.45, 2.75) is 6.92 Å². The van der Waals surface area contributed by atoms with Crippen LogP contribution >= 0.6 is 0 Å². The summed E-state index contributed by atoms with van der Waals surface area (Å²) >= 11 is 0. The second-order valence-electron chi connectivity index (χ2n) is 3.08. The molecule has 0 unspecified atom stereocenters. The highest BCUT2D eigenvalue weighted by Gasteiger charge is 2.12. The van der Waals surface area contributed by atoms with E-state index in [1.807, 2.05) is 30.3 Å². The number of aryl methyl sites for hydroxylation is 1. The van der Waals surface area contributed by atoms with Crippen LogP contribution < -0.4 is 5.32 Å². The van der Waals surface area contributed by atoms with Crippen LogP contribution in [0.3, 0.4) is 0 Å². The fourth-order valence-corrected chi connectivity index (χ4v) is 1.21. The van der Waals surface area contributed by atoms with E-state index in [-0.39, 0.29) is 5.91 Å². The maximum atomic E-state index is 11.7.